The molecule has 21 heavy (non-hydrogen) atoms. The number of carbonyl (C=O) groups is 1. The van der Waals surface area contributed by atoms with Crippen molar-refractivity contribution >= 4 is 5.91 Å². The Morgan fingerprint density at radius 1 is 1.48 bits per heavy atom. The van der Waals surface area contributed by atoms with Crippen molar-refractivity contribution in [3.8, 4) is 11.8 Å². The van der Waals surface area contributed by atoms with Gasteiger partial charge >= 0.3 is 0 Å². The van der Waals surface area contributed by atoms with Crippen LogP contribution in [0.3, 0.4) is 0 Å². The second kappa shape index (κ2) is 7.09. The Morgan fingerprint density at radius 2 is 2.19 bits per heavy atom. The maximum Gasteiger partial charge on any atom is 0.255 e. The molecule has 5 nitrogen and oxygen atoms in total. The molecular formula is C16H21N3O2. The molecule has 1 saturated heterocycles. The van der Waals surface area contributed by atoms with E-state index in [0.29, 0.717) is 17.9 Å². The summed E-state index contributed by atoms with van der Waals surface area (Å²) in [6.07, 6.45) is 1.75. The lowest BCUT2D eigenvalue weighted by atomic mass is 10.0. The van der Waals surface area contributed by atoms with Gasteiger partial charge in [0.1, 0.15) is 5.75 Å². The van der Waals surface area contributed by atoms with Crippen LogP contribution in [0, 0.1) is 18.3 Å². The number of hydrogen-bond acceptors (Lipinski definition) is 4. The molecular weight excluding hydrogens is 266 g/mol. The normalized spacial score (nSPS) is 16.2. The Labute approximate surface area is 125 Å². The highest BCUT2D eigenvalue weighted by molar-refractivity contribution is 5.97. The van der Waals surface area contributed by atoms with Crippen molar-refractivity contribution in [3.63, 3.8) is 0 Å². The van der Waals surface area contributed by atoms with Gasteiger partial charge in [0.15, 0.2) is 0 Å². The van der Waals surface area contributed by atoms with E-state index in [1.54, 1.807) is 7.11 Å². The number of nitriles is 1. The van der Waals surface area contributed by atoms with Crippen molar-refractivity contribution in [1.29, 1.82) is 5.26 Å². The smallest absolute Gasteiger partial charge is 0.255 e. The van der Waals surface area contributed by atoms with E-state index in [0.717, 1.165) is 31.5 Å². The molecule has 112 valence electrons. The maximum absolute atomic E-state index is 12.4. The monoisotopic (exact) mass is 287 g/mol. The Hall–Kier alpha value is -2.06. The summed E-state index contributed by atoms with van der Waals surface area (Å²) in [5.74, 6) is 0.509. The molecule has 0 bridgehead atoms. The van der Waals surface area contributed by atoms with Gasteiger partial charge in [-0.15, -0.1) is 0 Å². The summed E-state index contributed by atoms with van der Waals surface area (Å²) in [6.45, 7) is 4.12. The van der Waals surface area contributed by atoms with Crippen molar-refractivity contribution in [1.82, 2.24) is 10.2 Å². The van der Waals surface area contributed by atoms with Crippen LogP contribution in [0.1, 0.15) is 28.8 Å². The van der Waals surface area contributed by atoms with Gasteiger partial charge in [0.05, 0.1) is 25.3 Å². The third-order valence-corrected chi connectivity index (χ3v) is 3.82. The molecule has 1 aliphatic rings. The fourth-order valence-electron chi connectivity index (χ4n) is 2.60. The molecule has 5 heteroatoms. The topological polar surface area (TPSA) is 65.4 Å². The van der Waals surface area contributed by atoms with Gasteiger partial charge in [-0.05, 0) is 31.9 Å². The number of carbonyl (C=O) groups excluding carboxylic acids is 1. The van der Waals surface area contributed by atoms with E-state index in [9.17, 15) is 4.79 Å². The summed E-state index contributed by atoms with van der Waals surface area (Å²) in [7, 11) is 1.57. The number of benzene rings is 1. The molecule has 0 unspecified atom stereocenters. The summed E-state index contributed by atoms with van der Waals surface area (Å²) in [4.78, 5) is 14.5. The fraction of sp³-hybridized carbons (Fsp3) is 0.500. The third kappa shape index (κ3) is 3.96. The average Bonchev–Trinajstić information content (AvgIpc) is 2.49. The number of piperidine rings is 1. The summed E-state index contributed by atoms with van der Waals surface area (Å²) >= 11 is 0. The lowest BCUT2D eigenvalue weighted by Crippen LogP contribution is -2.44. The van der Waals surface area contributed by atoms with Gasteiger partial charge in [0.25, 0.3) is 5.91 Å². The lowest BCUT2D eigenvalue weighted by Gasteiger charge is -2.30. The molecule has 1 amide bonds. The second-order valence-electron chi connectivity index (χ2n) is 5.39. The van der Waals surface area contributed by atoms with Gasteiger partial charge in [-0.3, -0.25) is 9.69 Å². The zero-order valence-electron chi connectivity index (χ0n) is 12.6. The lowest BCUT2D eigenvalue weighted by molar-refractivity contribution is 0.0911. The first-order valence-corrected chi connectivity index (χ1v) is 7.19. The minimum Gasteiger partial charge on any atom is -0.496 e. The van der Waals surface area contributed by atoms with Crippen LogP contribution in [0.4, 0.5) is 0 Å². The molecule has 0 radical (unpaired) electrons. The second-order valence-corrected chi connectivity index (χ2v) is 5.39. The van der Waals surface area contributed by atoms with Crippen molar-refractivity contribution in [3.05, 3.63) is 29.3 Å². The number of aryl methyl sites for hydroxylation is 1. The van der Waals surface area contributed by atoms with Crippen LogP contribution in [0.25, 0.3) is 0 Å². The molecule has 1 aromatic carbocycles. The van der Waals surface area contributed by atoms with Crippen LogP contribution in [0.5, 0.6) is 5.75 Å². The highest BCUT2D eigenvalue weighted by Crippen LogP contribution is 2.20. The fourth-order valence-corrected chi connectivity index (χ4v) is 2.60. The van der Waals surface area contributed by atoms with Crippen LogP contribution in [-0.4, -0.2) is 43.6 Å². The van der Waals surface area contributed by atoms with E-state index in [1.807, 2.05) is 25.1 Å². The van der Waals surface area contributed by atoms with E-state index in [-0.39, 0.29) is 11.9 Å². The highest BCUT2D eigenvalue weighted by atomic mass is 16.5. The Balaban J connectivity index is 1.97. The quantitative estimate of drug-likeness (QED) is 0.856. The van der Waals surface area contributed by atoms with Gasteiger partial charge < -0.3 is 10.1 Å². The summed E-state index contributed by atoms with van der Waals surface area (Å²) < 4.78 is 5.25. The number of nitrogens with zero attached hydrogens (tertiary/aromatic N) is 2. The maximum atomic E-state index is 12.4. The molecule has 0 aliphatic carbocycles. The molecule has 0 atom stereocenters. The van der Waals surface area contributed by atoms with Crippen LogP contribution < -0.4 is 10.1 Å². The number of amides is 1. The van der Waals surface area contributed by atoms with E-state index in [1.165, 1.54) is 0 Å². The van der Waals surface area contributed by atoms with Crippen LogP contribution >= 0.6 is 0 Å². The zero-order valence-corrected chi connectivity index (χ0v) is 12.6. The summed E-state index contributed by atoms with van der Waals surface area (Å²) in [6, 6.07) is 7.92. The third-order valence-electron chi connectivity index (χ3n) is 3.82. The molecule has 1 heterocycles. The molecule has 1 aliphatic heterocycles. The number of rotatable bonds is 4. The van der Waals surface area contributed by atoms with E-state index >= 15 is 0 Å². The highest BCUT2D eigenvalue weighted by Gasteiger charge is 2.22. The first-order chi connectivity index (χ1) is 10.1. The van der Waals surface area contributed by atoms with Gasteiger partial charge in [-0.1, -0.05) is 11.6 Å². The van der Waals surface area contributed by atoms with Crippen LogP contribution in [0.2, 0.25) is 0 Å². The van der Waals surface area contributed by atoms with Gasteiger partial charge in [-0.2, -0.15) is 5.26 Å². The predicted octanol–water partition coefficient (Wildman–Crippen LogP) is 1.72. The summed E-state index contributed by atoms with van der Waals surface area (Å²) in [5.41, 5.74) is 1.61. The number of nitrogens with one attached hydrogen (secondary N) is 1. The van der Waals surface area contributed by atoms with Crippen molar-refractivity contribution < 1.29 is 9.53 Å². The van der Waals surface area contributed by atoms with Gasteiger partial charge in [0.2, 0.25) is 0 Å². The number of likely N-dealkylation sites (tertiary alicyclic amines) is 1. The SMILES string of the molecule is COc1ccc(C)cc1C(=O)NC1CCN(CC#N)CC1. The summed E-state index contributed by atoms with van der Waals surface area (Å²) in [5, 5.41) is 11.8. The Morgan fingerprint density at radius 3 is 2.81 bits per heavy atom. The van der Waals surface area contributed by atoms with E-state index in [4.69, 9.17) is 10.00 Å². The number of hydrogen-bond donors (Lipinski definition) is 1. The van der Waals surface area contributed by atoms with E-state index in [2.05, 4.69) is 16.3 Å². The van der Waals surface area contributed by atoms with Crippen molar-refractivity contribution in [2.24, 2.45) is 0 Å². The first-order valence-electron chi connectivity index (χ1n) is 7.19. The Kier molecular flexibility index (Phi) is 5.18. The molecule has 1 fully saturated rings. The van der Waals surface area contributed by atoms with Crippen molar-refractivity contribution in [2.45, 2.75) is 25.8 Å². The zero-order chi connectivity index (χ0) is 15.2. The Bertz CT molecular complexity index is 543. The number of methoxy groups -OCH3 is 1. The molecule has 2 rings (SSSR count). The molecule has 0 aromatic heterocycles. The minimum absolute atomic E-state index is 0.0886. The predicted molar refractivity (Wildman–Crippen MR) is 80.3 cm³/mol. The minimum atomic E-state index is -0.0886. The van der Waals surface area contributed by atoms with Gasteiger partial charge in [-0.25, -0.2) is 0 Å². The van der Waals surface area contributed by atoms with Crippen LogP contribution in [-0.2, 0) is 0 Å². The molecule has 1 N–H and O–H groups in total. The first kappa shape index (κ1) is 15.3. The molecule has 0 spiro atoms. The number of ether oxygens (including phenoxy) is 1. The standard InChI is InChI=1S/C16H21N3O2/c1-12-3-4-15(21-2)14(11-12)16(20)18-13-5-8-19(9-6-13)10-7-17/h3-4,11,13H,5-6,8-10H2,1-2H3,(H,18,20). The van der Waals surface area contributed by atoms with Crippen LogP contribution in [0.15, 0.2) is 18.2 Å². The molecule has 0 saturated carbocycles. The van der Waals surface area contributed by atoms with E-state index < -0.39 is 0 Å². The van der Waals surface area contributed by atoms with Gasteiger partial charge in [0, 0.05) is 19.1 Å². The molecule has 1 aromatic rings. The van der Waals surface area contributed by atoms with Crippen molar-refractivity contribution in [2.75, 3.05) is 26.7 Å². The largest absolute Gasteiger partial charge is 0.496 e. The average molecular weight is 287 g/mol.